The summed E-state index contributed by atoms with van der Waals surface area (Å²) in [5.74, 6) is 4.84. The lowest BCUT2D eigenvalue weighted by molar-refractivity contribution is 0.0953. The molecule has 0 fully saturated rings. The van der Waals surface area contributed by atoms with Crippen molar-refractivity contribution in [3.8, 4) is 0 Å². The van der Waals surface area contributed by atoms with Crippen LogP contribution in [0, 0.1) is 13.8 Å². The van der Waals surface area contributed by atoms with Crippen LogP contribution in [0.15, 0.2) is 6.07 Å². The average Bonchev–Trinajstić information content (AvgIpc) is 2.40. The van der Waals surface area contributed by atoms with E-state index < -0.39 is 0 Å². The number of aryl methyl sites for hydroxylation is 1. The van der Waals surface area contributed by atoms with E-state index in [0.29, 0.717) is 5.56 Å². The highest BCUT2D eigenvalue weighted by Crippen LogP contribution is 2.14. The highest BCUT2D eigenvalue weighted by molar-refractivity contribution is 5.95. The Morgan fingerprint density at radius 2 is 2.23 bits per heavy atom. The highest BCUT2D eigenvalue weighted by atomic mass is 16.2. The molecule has 0 spiro atoms. The molecule has 13 heavy (non-hydrogen) atoms. The third-order valence-corrected chi connectivity index (χ3v) is 2.27. The Morgan fingerprint density at radius 1 is 1.62 bits per heavy atom. The zero-order valence-electron chi connectivity index (χ0n) is 8.22. The fraction of sp³-hybridized carbons (Fsp3) is 0.444. The molecule has 1 aromatic rings. The fourth-order valence-corrected chi connectivity index (χ4v) is 1.60. The molecule has 1 heterocycles. The van der Waals surface area contributed by atoms with E-state index in [2.05, 4.69) is 9.99 Å². The van der Waals surface area contributed by atoms with Gasteiger partial charge in [0.2, 0.25) is 0 Å². The summed E-state index contributed by atoms with van der Waals surface area (Å²) in [4.78, 5) is 11.3. The van der Waals surface area contributed by atoms with Crippen molar-refractivity contribution < 1.29 is 4.79 Å². The van der Waals surface area contributed by atoms with E-state index in [1.807, 2.05) is 26.8 Å². The van der Waals surface area contributed by atoms with Crippen molar-refractivity contribution in [3.05, 3.63) is 23.0 Å². The maximum absolute atomic E-state index is 11.3. The van der Waals surface area contributed by atoms with E-state index in [0.717, 1.165) is 17.9 Å². The van der Waals surface area contributed by atoms with Crippen molar-refractivity contribution in [2.75, 3.05) is 0 Å². The Morgan fingerprint density at radius 3 is 2.62 bits per heavy atom. The van der Waals surface area contributed by atoms with Crippen molar-refractivity contribution in [1.29, 1.82) is 0 Å². The third kappa shape index (κ3) is 1.58. The average molecular weight is 181 g/mol. The van der Waals surface area contributed by atoms with E-state index in [-0.39, 0.29) is 5.91 Å². The number of aromatic nitrogens is 1. The molecular weight excluding hydrogens is 166 g/mol. The Balaban J connectivity index is 3.18. The summed E-state index contributed by atoms with van der Waals surface area (Å²) in [5.41, 5.74) is 4.83. The second-order valence-corrected chi connectivity index (χ2v) is 3.00. The zero-order chi connectivity index (χ0) is 10.0. The first-order valence-corrected chi connectivity index (χ1v) is 4.29. The third-order valence-electron chi connectivity index (χ3n) is 2.27. The van der Waals surface area contributed by atoms with Gasteiger partial charge in [-0.05, 0) is 26.8 Å². The van der Waals surface area contributed by atoms with Crippen molar-refractivity contribution >= 4 is 5.91 Å². The maximum atomic E-state index is 11.3. The summed E-state index contributed by atoms with van der Waals surface area (Å²) >= 11 is 0. The summed E-state index contributed by atoms with van der Waals surface area (Å²) in [6, 6.07) is 1.85. The Bertz CT molecular complexity index is 328. The van der Waals surface area contributed by atoms with Crippen LogP contribution in [-0.2, 0) is 6.54 Å². The topological polar surface area (TPSA) is 60.0 Å². The standard InChI is InChI=1S/C9H15N3O/c1-4-12-6(2)5-8(7(12)3)9(13)11-10/h5H,4,10H2,1-3H3,(H,11,13). The molecule has 0 atom stereocenters. The number of carbonyl (C=O) groups excluding carboxylic acids is 1. The highest BCUT2D eigenvalue weighted by Gasteiger charge is 2.13. The lowest BCUT2D eigenvalue weighted by atomic mass is 10.2. The molecule has 4 nitrogen and oxygen atoms in total. The normalized spacial score (nSPS) is 10.2. The van der Waals surface area contributed by atoms with Crippen LogP contribution in [0.25, 0.3) is 0 Å². The van der Waals surface area contributed by atoms with Gasteiger partial charge in [-0.3, -0.25) is 10.2 Å². The number of nitrogens with zero attached hydrogens (tertiary/aromatic N) is 1. The van der Waals surface area contributed by atoms with Gasteiger partial charge in [-0.1, -0.05) is 0 Å². The molecule has 0 unspecified atom stereocenters. The molecule has 0 radical (unpaired) electrons. The molecular formula is C9H15N3O. The number of hydrogen-bond donors (Lipinski definition) is 2. The van der Waals surface area contributed by atoms with Crippen LogP contribution in [0.4, 0.5) is 0 Å². The first kappa shape index (κ1) is 9.80. The van der Waals surface area contributed by atoms with Crippen molar-refractivity contribution in [1.82, 2.24) is 9.99 Å². The quantitative estimate of drug-likeness (QED) is 0.401. The SMILES string of the molecule is CCn1c(C)cc(C(=O)NN)c1C. The number of nitrogens with one attached hydrogen (secondary N) is 1. The Hall–Kier alpha value is -1.29. The van der Waals surface area contributed by atoms with Crippen LogP contribution >= 0.6 is 0 Å². The molecule has 3 N–H and O–H groups in total. The molecule has 0 aliphatic heterocycles. The number of amides is 1. The first-order valence-electron chi connectivity index (χ1n) is 4.29. The zero-order valence-corrected chi connectivity index (χ0v) is 8.22. The van der Waals surface area contributed by atoms with E-state index in [4.69, 9.17) is 5.84 Å². The molecule has 0 saturated carbocycles. The van der Waals surface area contributed by atoms with Crippen molar-refractivity contribution in [3.63, 3.8) is 0 Å². The first-order chi connectivity index (χ1) is 6.11. The van der Waals surface area contributed by atoms with E-state index in [1.54, 1.807) is 0 Å². The molecule has 0 aromatic carbocycles. The minimum atomic E-state index is -0.229. The van der Waals surface area contributed by atoms with E-state index >= 15 is 0 Å². The molecule has 0 aliphatic carbocycles. The predicted octanol–water partition coefficient (Wildman–Crippen LogP) is 0.728. The van der Waals surface area contributed by atoms with E-state index in [9.17, 15) is 4.79 Å². The molecule has 0 aliphatic rings. The summed E-state index contributed by atoms with van der Waals surface area (Å²) in [6.07, 6.45) is 0. The lowest BCUT2D eigenvalue weighted by Crippen LogP contribution is -2.30. The predicted molar refractivity (Wildman–Crippen MR) is 51.2 cm³/mol. The molecule has 0 saturated heterocycles. The van der Waals surface area contributed by atoms with Gasteiger partial charge in [0.25, 0.3) is 5.91 Å². The molecule has 72 valence electrons. The van der Waals surface area contributed by atoms with Crippen LogP contribution in [0.5, 0.6) is 0 Å². The lowest BCUT2D eigenvalue weighted by Gasteiger charge is -2.04. The van der Waals surface area contributed by atoms with Gasteiger partial charge in [0.15, 0.2) is 0 Å². The van der Waals surface area contributed by atoms with Crippen LogP contribution in [-0.4, -0.2) is 10.5 Å². The summed E-state index contributed by atoms with van der Waals surface area (Å²) in [5, 5.41) is 0. The Labute approximate surface area is 77.7 Å². The van der Waals surface area contributed by atoms with Crippen molar-refractivity contribution in [2.24, 2.45) is 5.84 Å². The van der Waals surface area contributed by atoms with Gasteiger partial charge in [0.05, 0.1) is 5.56 Å². The second-order valence-electron chi connectivity index (χ2n) is 3.00. The molecule has 1 aromatic heterocycles. The van der Waals surface area contributed by atoms with Crippen LogP contribution < -0.4 is 11.3 Å². The van der Waals surface area contributed by atoms with E-state index in [1.165, 1.54) is 0 Å². The summed E-state index contributed by atoms with van der Waals surface area (Å²) < 4.78 is 2.07. The number of nitrogen functional groups attached to an aromatic ring is 1. The minimum Gasteiger partial charge on any atom is -0.349 e. The van der Waals surface area contributed by atoms with Crippen molar-refractivity contribution in [2.45, 2.75) is 27.3 Å². The number of nitrogens with two attached hydrogens (primary N) is 1. The van der Waals surface area contributed by atoms with Crippen LogP contribution in [0.1, 0.15) is 28.7 Å². The fourth-order valence-electron chi connectivity index (χ4n) is 1.60. The van der Waals surface area contributed by atoms with Crippen LogP contribution in [0.3, 0.4) is 0 Å². The monoisotopic (exact) mass is 181 g/mol. The van der Waals surface area contributed by atoms with Gasteiger partial charge in [-0.25, -0.2) is 5.84 Å². The number of rotatable bonds is 2. The van der Waals surface area contributed by atoms with Gasteiger partial charge in [-0.2, -0.15) is 0 Å². The molecule has 0 bridgehead atoms. The summed E-state index contributed by atoms with van der Waals surface area (Å²) in [6.45, 7) is 6.81. The largest absolute Gasteiger partial charge is 0.349 e. The Kier molecular flexibility index (Phi) is 2.72. The molecule has 1 rings (SSSR count). The van der Waals surface area contributed by atoms with Gasteiger partial charge in [0.1, 0.15) is 0 Å². The van der Waals surface area contributed by atoms with Crippen LogP contribution in [0.2, 0.25) is 0 Å². The molecule has 4 heteroatoms. The number of carbonyl (C=O) groups is 1. The van der Waals surface area contributed by atoms with Gasteiger partial charge < -0.3 is 4.57 Å². The minimum absolute atomic E-state index is 0.229. The maximum Gasteiger partial charge on any atom is 0.267 e. The smallest absolute Gasteiger partial charge is 0.267 e. The van der Waals surface area contributed by atoms with Gasteiger partial charge in [-0.15, -0.1) is 0 Å². The number of hydrazine groups is 1. The number of hydrogen-bond acceptors (Lipinski definition) is 2. The van der Waals surface area contributed by atoms with Gasteiger partial charge in [0, 0.05) is 17.9 Å². The summed E-state index contributed by atoms with van der Waals surface area (Å²) in [7, 11) is 0. The second kappa shape index (κ2) is 3.62. The molecule has 1 amide bonds. The van der Waals surface area contributed by atoms with Gasteiger partial charge >= 0.3 is 0 Å².